The van der Waals surface area contributed by atoms with Crippen LogP contribution in [0, 0.1) is 11.8 Å². The van der Waals surface area contributed by atoms with Crippen LogP contribution in [-0.2, 0) is 11.4 Å². The van der Waals surface area contributed by atoms with Crippen molar-refractivity contribution in [3.8, 4) is 17.9 Å². The standard InChI is InChI=1S/C23H21N3O2/c1-17(26-18(2)27)22-12-10-19(11-13-22)8-9-21-14-24-23(25-15-21)28-16-20-6-4-3-5-7-20/h3-7,10-15,17H,16H2,1-2H3,(H,26,27)/t17-/m0/s1. The summed E-state index contributed by atoms with van der Waals surface area (Å²) in [5.74, 6) is 6.08. The van der Waals surface area contributed by atoms with Crippen LogP contribution in [0.3, 0.4) is 0 Å². The molecule has 0 saturated carbocycles. The molecule has 28 heavy (non-hydrogen) atoms. The van der Waals surface area contributed by atoms with Crippen LogP contribution in [0.4, 0.5) is 0 Å². The van der Waals surface area contributed by atoms with E-state index in [1.54, 1.807) is 12.4 Å². The largest absolute Gasteiger partial charge is 0.459 e. The van der Waals surface area contributed by atoms with Gasteiger partial charge in [-0.2, -0.15) is 0 Å². The molecule has 0 aliphatic rings. The average molecular weight is 371 g/mol. The van der Waals surface area contributed by atoms with Gasteiger partial charge < -0.3 is 10.1 Å². The second kappa shape index (κ2) is 9.33. The predicted octanol–water partition coefficient (Wildman–Crippen LogP) is 3.65. The minimum atomic E-state index is -0.0486. The quantitative estimate of drug-likeness (QED) is 0.696. The first-order valence-corrected chi connectivity index (χ1v) is 8.98. The van der Waals surface area contributed by atoms with Crippen LogP contribution < -0.4 is 10.1 Å². The lowest BCUT2D eigenvalue weighted by atomic mass is 10.1. The monoisotopic (exact) mass is 371 g/mol. The first kappa shape index (κ1) is 19.1. The molecule has 0 fully saturated rings. The number of carbonyl (C=O) groups is 1. The van der Waals surface area contributed by atoms with Gasteiger partial charge in [-0.1, -0.05) is 54.3 Å². The molecule has 5 heteroatoms. The maximum atomic E-state index is 11.1. The van der Waals surface area contributed by atoms with Crippen molar-refractivity contribution in [2.24, 2.45) is 0 Å². The van der Waals surface area contributed by atoms with Gasteiger partial charge >= 0.3 is 6.01 Å². The van der Waals surface area contributed by atoms with Crippen LogP contribution in [0.2, 0.25) is 0 Å². The van der Waals surface area contributed by atoms with Crippen LogP contribution in [0.15, 0.2) is 67.0 Å². The minimum Gasteiger partial charge on any atom is -0.459 e. The third kappa shape index (κ3) is 5.68. The van der Waals surface area contributed by atoms with Crippen LogP contribution in [0.25, 0.3) is 0 Å². The van der Waals surface area contributed by atoms with E-state index in [2.05, 4.69) is 27.1 Å². The molecule has 0 saturated heterocycles. The Kier molecular flexibility index (Phi) is 6.37. The summed E-state index contributed by atoms with van der Waals surface area (Å²) >= 11 is 0. The fourth-order valence-electron chi connectivity index (χ4n) is 2.57. The molecule has 0 aliphatic carbocycles. The Morgan fingerprint density at radius 3 is 2.29 bits per heavy atom. The van der Waals surface area contributed by atoms with E-state index in [1.165, 1.54) is 6.92 Å². The lowest BCUT2D eigenvalue weighted by Crippen LogP contribution is -2.23. The number of hydrogen-bond donors (Lipinski definition) is 1. The summed E-state index contributed by atoms with van der Waals surface area (Å²) in [6.07, 6.45) is 3.29. The van der Waals surface area contributed by atoms with E-state index in [9.17, 15) is 4.79 Å². The van der Waals surface area contributed by atoms with Gasteiger partial charge in [-0.05, 0) is 30.2 Å². The molecule has 0 unspecified atom stereocenters. The molecule has 3 rings (SSSR count). The number of ether oxygens (including phenoxy) is 1. The number of amides is 1. The van der Waals surface area contributed by atoms with Crippen LogP contribution in [0.5, 0.6) is 6.01 Å². The van der Waals surface area contributed by atoms with E-state index >= 15 is 0 Å². The number of carbonyl (C=O) groups excluding carboxylic acids is 1. The SMILES string of the molecule is CC(=O)N[C@@H](C)c1ccc(C#Cc2cnc(OCc3ccccc3)nc2)cc1. The summed E-state index contributed by atoms with van der Waals surface area (Å²) in [7, 11) is 0. The summed E-state index contributed by atoms with van der Waals surface area (Å²) in [4.78, 5) is 19.5. The topological polar surface area (TPSA) is 64.1 Å². The zero-order valence-corrected chi connectivity index (χ0v) is 15.8. The number of rotatable bonds is 5. The van der Waals surface area contributed by atoms with Gasteiger partial charge in [0.05, 0.1) is 11.6 Å². The highest BCUT2D eigenvalue weighted by Gasteiger charge is 2.05. The van der Waals surface area contributed by atoms with Crippen molar-refractivity contribution < 1.29 is 9.53 Å². The fraction of sp³-hybridized carbons (Fsp3) is 0.174. The zero-order valence-electron chi connectivity index (χ0n) is 15.8. The Morgan fingerprint density at radius 2 is 1.64 bits per heavy atom. The zero-order chi connectivity index (χ0) is 19.8. The second-order valence-electron chi connectivity index (χ2n) is 6.32. The molecule has 5 nitrogen and oxygen atoms in total. The average Bonchev–Trinajstić information content (AvgIpc) is 2.72. The molecule has 1 aromatic heterocycles. The van der Waals surface area contributed by atoms with Gasteiger partial charge in [-0.3, -0.25) is 4.79 Å². The lowest BCUT2D eigenvalue weighted by molar-refractivity contribution is -0.119. The molecule has 0 bridgehead atoms. The van der Waals surface area contributed by atoms with Gasteiger partial charge in [0.15, 0.2) is 0 Å². The second-order valence-corrected chi connectivity index (χ2v) is 6.32. The van der Waals surface area contributed by atoms with Crippen molar-refractivity contribution in [1.82, 2.24) is 15.3 Å². The van der Waals surface area contributed by atoms with Crippen LogP contribution in [0.1, 0.15) is 42.1 Å². The molecule has 1 amide bonds. The van der Waals surface area contributed by atoms with Gasteiger partial charge in [0.25, 0.3) is 0 Å². The first-order valence-electron chi connectivity index (χ1n) is 8.98. The molecule has 2 aromatic carbocycles. The van der Waals surface area contributed by atoms with Gasteiger partial charge in [-0.25, -0.2) is 9.97 Å². The summed E-state index contributed by atoms with van der Waals surface area (Å²) in [6, 6.07) is 17.9. The summed E-state index contributed by atoms with van der Waals surface area (Å²) in [5.41, 5.74) is 3.68. The maximum absolute atomic E-state index is 11.1. The van der Waals surface area contributed by atoms with Gasteiger partial charge in [0.2, 0.25) is 5.91 Å². The van der Waals surface area contributed by atoms with E-state index in [0.717, 1.165) is 16.7 Å². The Bertz CT molecular complexity index is 972. The number of benzene rings is 2. The van der Waals surface area contributed by atoms with Crippen molar-refractivity contribution >= 4 is 5.91 Å². The lowest BCUT2D eigenvalue weighted by Gasteiger charge is -2.12. The van der Waals surface area contributed by atoms with Crippen molar-refractivity contribution in [3.05, 3.63) is 89.2 Å². The number of hydrogen-bond acceptors (Lipinski definition) is 4. The molecule has 0 aliphatic heterocycles. The third-order valence-electron chi connectivity index (χ3n) is 4.02. The van der Waals surface area contributed by atoms with Crippen molar-refractivity contribution in [3.63, 3.8) is 0 Å². The fourth-order valence-corrected chi connectivity index (χ4v) is 2.57. The Morgan fingerprint density at radius 1 is 1.00 bits per heavy atom. The maximum Gasteiger partial charge on any atom is 0.316 e. The van der Waals surface area contributed by atoms with Crippen molar-refractivity contribution in [1.29, 1.82) is 0 Å². The molecule has 0 spiro atoms. The van der Waals surface area contributed by atoms with E-state index in [1.807, 2.05) is 61.5 Å². The van der Waals surface area contributed by atoms with E-state index < -0.39 is 0 Å². The van der Waals surface area contributed by atoms with Gasteiger partial charge in [0, 0.05) is 24.9 Å². The first-order chi connectivity index (χ1) is 13.6. The summed E-state index contributed by atoms with van der Waals surface area (Å²) < 4.78 is 5.57. The minimum absolute atomic E-state index is 0.0312. The van der Waals surface area contributed by atoms with E-state index in [4.69, 9.17) is 4.74 Å². The highest BCUT2D eigenvalue weighted by Crippen LogP contribution is 2.13. The van der Waals surface area contributed by atoms with Crippen LogP contribution in [-0.4, -0.2) is 15.9 Å². The third-order valence-corrected chi connectivity index (χ3v) is 4.02. The van der Waals surface area contributed by atoms with Gasteiger partial charge in [0.1, 0.15) is 6.61 Å². The normalized spacial score (nSPS) is 11.1. The highest BCUT2D eigenvalue weighted by atomic mass is 16.5. The molecule has 3 aromatic rings. The molecule has 140 valence electrons. The molecule has 1 N–H and O–H groups in total. The number of aromatic nitrogens is 2. The molecule has 1 atom stereocenters. The van der Waals surface area contributed by atoms with Crippen molar-refractivity contribution in [2.45, 2.75) is 26.5 Å². The highest BCUT2D eigenvalue weighted by molar-refractivity contribution is 5.73. The predicted molar refractivity (Wildman–Crippen MR) is 107 cm³/mol. The Balaban J connectivity index is 1.58. The Hall–Kier alpha value is -3.65. The molecule has 1 heterocycles. The Labute approximate surface area is 164 Å². The van der Waals surface area contributed by atoms with Crippen LogP contribution >= 0.6 is 0 Å². The molecular weight excluding hydrogens is 350 g/mol. The summed E-state index contributed by atoms with van der Waals surface area (Å²) in [6.45, 7) is 3.88. The molecule has 0 radical (unpaired) electrons. The molecular formula is C23H21N3O2. The van der Waals surface area contributed by atoms with E-state index in [-0.39, 0.29) is 11.9 Å². The van der Waals surface area contributed by atoms with Crippen molar-refractivity contribution in [2.75, 3.05) is 0 Å². The number of nitrogens with zero attached hydrogens (tertiary/aromatic N) is 2. The van der Waals surface area contributed by atoms with E-state index in [0.29, 0.717) is 18.2 Å². The smallest absolute Gasteiger partial charge is 0.316 e. The number of nitrogens with one attached hydrogen (secondary N) is 1. The van der Waals surface area contributed by atoms with Gasteiger partial charge in [-0.15, -0.1) is 0 Å². The summed E-state index contributed by atoms with van der Waals surface area (Å²) in [5, 5.41) is 2.86.